The van der Waals surface area contributed by atoms with Crippen LogP contribution in [-0.2, 0) is 0 Å². The molecule has 90 valence electrons. The Hall–Kier alpha value is -0.123. The van der Waals surface area contributed by atoms with E-state index in [2.05, 4.69) is 63.2 Å². The summed E-state index contributed by atoms with van der Waals surface area (Å²) in [5.74, 6) is 0. The van der Waals surface area contributed by atoms with Crippen molar-refractivity contribution in [3.8, 4) is 0 Å². The van der Waals surface area contributed by atoms with Gasteiger partial charge >= 0.3 is 0 Å². The van der Waals surface area contributed by atoms with Gasteiger partial charge in [-0.1, -0.05) is 39.8 Å². The van der Waals surface area contributed by atoms with Gasteiger partial charge < -0.3 is 9.13 Å². The molecule has 0 aromatic heterocycles. The fourth-order valence-corrected chi connectivity index (χ4v) is 7.29. The van der Waals surface area contributed by atoms with Gasteiger partial charge in [-0.05, 0) is 32.7 Å². The molecule has 0 aliphatic rings. The highest BCUT2D eigenvalue weighted by molar-refractivity contribution is 6.80. The van der Waals surface area contributed by atoms with Crippen molar-refractivity contribution < 1.29 is 0 Å². The van der Waals surface area contributed by atoms with Gasteiger partial charge in [0.2, 0.25) is 8.40 Å². The second-order valence-corrected chi connectivity index (χ2v) is 8.85. The molecule has 0 saturated heterocycles. The molecule has 2 unspecified atom stereocenters. The van der Waals surface area contributed by atoms with Gasteiger partial charge in [0.25, 0.3) is 0 Å². The van der Waals surface area contributed by atoms with E-state index in [9.17, 15) is 0 Å². The van der Waals surface area contributed by atoms with Gasteiger partial charge in [-0.3, -0.25) is 0 Å². The minimum Gasteiger partial charge on any atom is -0.314 e. The molecule has 3 heteroatoms. The van der Waals surface area contributed by atoms with E-state index in [4.69, 9.17) is 0 Å². The Labute approximate surface area is 97.1 Å². The van der Waals surface area contributed by atoms with Crippen molar-refractivity contribution in [2.24, 2.45) is 0 Å². The molecule has 0 spiro atoms. The van der Waals surface area contributed by atoms with Crippen LogP contribution in [0, 0.1) is 0 Å². The number of rotatable bonds is 7. The van der Waals surface area contributed by atoms with E-state index in [1.165, 1.54) is 6.42 Å². The van der Waals surface area contributed by atoms with Gasteiger partial charge in [0.1, 0.15) is 0 Å². The molecule has 0 aliphatic carbocycles. The van der Waals surface area contributed by atoms with Crippen LogP contribution in [0.2, 0.25) is 5.54 Å². The largest absolute Gasteiger partial charge is 0.314 e. The average Bonchev–Trinajstić information content (AvgIpc) is 2.24. The monoisotopic (exact) mass is 228 g/mol. The van der Waals surface area contributed by atoms with Crippen molar-refractivity contribution >= 4 is 8.40 Å². The highest BCUT2D eigenvalue weighted by atomic mass is 28.3. The first kappa shape index (κ1) is 14.9. The molecule has 2 atom stereocenters. The summed E-state index contributed by atoms with van der Waals surface area (Å²) < 4.78 is 5.05. The Kier molecular flexibility index (Phi) is 6.40. The molecule has 0 saturated carbocycles. The number of hydrogen-bond donors (Lipinski definition) is 0. The van der Waals surface area contributed by atoms with Gasteiger partial charge in [-0.2, -0.15) is 0 Å². The fourth-order valence-electron chi connectivity index (χ4n) is 2.58. The molecular formula is C12H28N2Si. The van der Waals surface area contributed by atoms with E-state index >= 15 is 0 Å². The van der Waals surface area contributed by atoms with Gasteiger partial charge in [0.15, 0.2) is 0 Å². The van der Waals surface area contributed by atoms with Crippen LogP contribution in [0.3, 0.4) is 0 Å². The van der Waals surface area contributed by atoms with E-state index < -0.39 is 8.40 Å². The molecule has 0 N–H and O–H groups in total. The lowest BCUT2D eigenvalue weighted by Gasteiger charge is -2.47. The quantitative estimate of drug-likeness (QED) is 0.618. The minimum absolute atomic E-state index is 0.727. The summed E-state index contributed by atoms with van der Waals surface area (Å²) in [4.78, 5) is 0. The lowest BCUT2D eigenvalue weighted by atomic mass is 10.4. The maximum Gasteiger partial charge on any atom is 0.234 e. The van der Waals surface area contributed by atoms with E-state index in [1.54, 1.807) is 0 Å². The zero-order valence-corrected chi connectivity index (χ0v) is 12.4. The molecule has 0 aromatic carbocycles. The second-order valence-electron chi connectivity index (χ2n) is 4.36. The molecule has 0 aliphatic heterocycles. The van der Waals surface area contributed by atoms with Crippen molar-refractivity contribution in [3.63, 3.8) is 0 Å². The summed E-state index contributed by atoms with van der Waals surface area (Å²) in [5, 5.41) is 0. The van der Waals surface area contributed by atoms with Crippen molar-refractivity contribution in [2.45, 2.75) is 39.7 Å². The predicted octanol–water partition coefficient (Wildman–Crippen LogP) is 2.86. The topological polar surface area (TPSA) is 6.48 Å². The molecule has 2 nitrogen and oxygen atoms in total. The van der Waals surface area contributed by atoms with E-state index in [-0.39, 0.29) is 0 Å². The number of nitrogens with zero attached hydrogens (tertiary/aromatic N) is 2. The lowest BCUT2D eigenvalue weighted by molar-refractivity contribution is 0.390. The van der Waals surface area contributed by atoms with Crippen LogP contribution < -0.4 is 0 Å². The average molecular weight is 228 g/mol. The van der Waals surface area contributed by atoms with Crippen LogP contribution in [-0.4, -0.2) is 44.7 Å². The third kappa shape index (κ3) is 2.71. The van der Waals surface area contributed by atoms with Gasteiger partial charge in [0, 0.05) is 0 Å². The summed E-state index contributed by atoms with van der Waals surface area (Å²) in [7, 11) is 2.76. The molecule has 0 fully saturated rings. The normalized spacial score (nSPS) is 17.9. The molecule has 15 heavy (non-hydrogen) atoms. The molecule has 0 heterocycles. The summed E-state index contributed by atoms with van der Waals surface area (Å²) in [5.41, 5.74) is 2.97. The third-order valence-corrected chi connectivity index (χ3v) is 9.16. The summed E-state index contributed by atoms with van der Waals surface area (Å²) in [6.07, 6.45) is 1.23. The van der Waals surface area contributed by atoms with Crippen LogP contribution >= 0.6 is 0 Å². The van der Waals surface area contributed by atoms with Crippen LogP contribution in [0.1, 0.15) is 34.1 Å². The zero-order valence-electron chi connectivity index (χ0n) is 11.4. The predicted molar refractivity (Wildman–Crippen MR) is 72.3 cm³/mol. The number of hydrogen-bond acceptors (Lipinski definition) is 2. The standard InChI is InChI=1S/C12H28N2Si/c1-8-12(5)15(11-4,13(6)7)14(9-2)10-3/h11-12H,4,8-10H2,1-3,5-7H3. The highest BCUT2D eigenvalue weighted by Crippen LogP contribution is 2.30. The van der Waals surface area contributed by atoms with Crippen LogP contribution in [0.5, 0.6) is 0 Å². The van der Waals surface area contributed by atoms with Crippen molar-refractivity contribution in [1.82, 2.24) is 9.13 Å². The third-order valence-electron chi connectivity index (χ3n) is 3.62. The zero-order chi connectivity index (χ0) is 12.1. The van der Waals surface area contributed by atoms with Gasteiger partial charge in [0.05, 0.1) is 0 Å². The Bertz CT molecular complexity index is 190. The molecule has 0 aromatic rings. The summed E-state index contributed by atoms with van der Waals surface area (Å²) in [6, 6.07) is 0. The molecule has 0 amide bonds. The van der Waals surface area contributed by atoms with Crippen LogP contribution in [0.4, 0.5) is 0 Å². The van der Waals surface area contributed by atoms with Crippen LogP contribution in [0.25, 0.3) is 0 Å². The highest BCUT2D eigenvalue weighted by Gasteiger charge is 2.42. The SMILES string of the molecule is C=C[Si](C(C)CC)(N(C)C)N(CC)CC. The summed E-state index contributed by atoms with van der Waals surface area (Å²) in [6.45, 7) is 15.5. The first-order valence-electron chi connectivity index (χ1n) is 6.07. The first-order valence-corrected chi connectivity index (χ1v) is 8.12. The molecular weight excluding hydrogens is 200 g/mol. The Morgan fingerprint density at radius 2 is 1.67 bits per heavy atom. The smallest absolute Gasteiger partial charge is 0.234 e. The second kappa shape index (κ2) is 6.46. The maximum absolute atomic E-state index is 4.12. The maximum atomic E-state index is 4.12. The van der Waals surface area contributed by atoms with Crippen LogP contribution in [0.15, 0.2) is 12.3 Å². The fraction of sp³-hybridized carbons (Fsp3) is 0.833. The van der Waals surface area contributed by atoms with E-state index in [0.29, 0.717) is 0 Å². The Morgan fingerprint density at radius 1 is 1.20 bits per heavy atom. The lowest BCUT2D eigenvalue weighted by Crippen LogP contribution is -2.64. The van der Waals surface area contributed by atoms with Crippen molar-refractivity contribution in [1.29, 1.82) is 0 Å². The molecule has 0 radical (unpaired) electrons. The minimum atomic E-state index is -1.65. The first-order chi connectivity index (χ1) is 7.00. The van der Waals surface area contributed by atoms with Crippen molar-refractivity contribution in [2.75, 3.05) is 27.2 Å². The van der Waals surface area contributed by atoms with E-state index in [1.807, 2.05) is 0 Å². The molecule has 0 rings (SSSR count). The van der Waals surface area contributed by atoms with Gasteiger partial charge in [-0.25, -0.2) is 0 Å². The van der Waals surface area contributed by atoms with E-state index in [0.717, 1.165) is 18.6 Å². The van der Waals surface area contributed by atoms with Crippen molar-refractivity contribution in [3.05, 3.63) is 12.3 Å². The Balaban J connectivity index is 5.21. The van der Waals surface area contributed by atoms with Gasteiger partial charge in [-0.15, -0.1) is 6.58 Å². The molecule has 0 bridgehead atoms. The summed E-state index contributed by atoms with van der Waals surface area (Å²) >= 11 is 0. The Morgan fingerprint density at radius 3 is 1.87 bits per heavy atom.